The zero-order valence-electron chi connectivity index (χ0n) is 12.6. The van der Waals surface area contributed by atoms with E-state index in [4.69, 9.17) is 12.2 Å². The van der Waals surface area contributed by atoms with Crippen LogP contribution in [0, 0.1) is 0 Å². The number of fused-ring (bicyclic) bond motifs is 1. The SMILES string of the molecule is CCc1ccc(NC(=S)NN=C2Nc3ccccc3C2=O)cc1. The van der Waals surface area contributed by atoms with Crippen LogP contribution >= 0.6 is 12.2 Å². The Bertz CT molecular complexity index is 783. The van der Waals surface area contributed by atoms with Gasteiger partial charge in [0.15, 0.2) is 10.9 Å². The molecule has 0 radical (unpaired) electrons. The maximum Gasteiger partial charge on any atom is 0.232 e. The lowest BCUT2D eigenvalue weighted by Crippen LogP contribution is -2.27. The van der Waals surface area contributed by atoms with E-state index in [0.717, 1.165) is 17.8 Å². The molecule has 1 aliphatic rings. The van der Waals surface area contributed by atoms with Crippen LogP contribution in [-0.4, -0.2) is 16.7 Å². The molecule has 23 heavy (non-hydrogen) atoms. The zero-order chi connectivity index (χ0) is 16.2. The van der Waals surface area contributed by atoms with Gasteiger partial charge < -0.3 is 10.6 Å². The molecule has 3 N–H and O–H groups in total. The van der Waals surface area contributed by atoms with Crippen molar-refractivity contribution in [3.05, 3.63) is 59.7 Å². The van der Waals surface area contributed by atoms with Gasteiger partial charge in [-0.25, -0.2) is 0 Å². The van der Waals surface area contributed by atoms with Crippen LogP contribution in [0.15, 0.2) is 53.6 Å². The van der Waals surface area contributed by atoms with Gasteiger partial charge in [-0.15, -0.1) is 0 Å². The summed E-state index contributed by atoms with van der Waals surface area (Å²) in [6, 6.07) is 15.3. The van der Waals surface area contributed by atoms with Crippen molar-refractivity contribution >= 4 is 40.3 Å². The number of carbonyl (C=O) groups is 1. The van der Waals surface area contributed by atoms with Crippen molar-refractivity contribution in [1.82, 2.24) is 5.43 Å². The summed E-state index contributed by atoms with van der Waals surface area (Å²) in [6.07, 6.45) is 0.991. The number of aryl methyl sites for hydroxylation is 1. The number of hydrogen-bond donors (Lipinski definition) is 3. The highest BCUT2D eigenvalue weighted by Crippen LogP contribution is 2.22. The lowest BCUT2D eigenvalue weighted by Gasteiger charge is -2.08. The summed E-state index contributed by atoms with van der Waals surface area (Å²) < 4.78 is 0. The summed E-state index contributed by atoms with van der Waals surface area (Å²) in [5, 5.41) is 10.4. The minimum Gasteiger partial charge on any atom is -0.335 e. The Morgan fingerprint density at radius 2 is 1.91 bits per heavy atom. The van der Waals surface area contributed by atoms with Gasteiger partial charge in [0, 0.05) is 11.3 Å². The van der Waals surface area contributed by atoms with Crippen molar-refractivity contribution in [2.24, 2.45) is 5.10 Å². The van der Waals surface area contributed by atoms with Crippen LogP contribution in [0.3, 0.4) is 0 Å². The molecule has 6 heteroatoms. The second-order valence-corrected chi connectivity index (χ2v) is 5.48. The Hall–Kier alpha value is -2.73. The van der Waals surface area contributed by atoms with Crippen molar-refractivity contribution in [1.29, 1.82) is 0 Å². The van der Waals surface area contributed by atoms with Gasteiger partial charge in [-0.2, -0.15) is 5.10 Å². The summed E-state index contributed by atoms with van der Waals surface area (Å²) in [5.74, 6) is 0.0832. The van der Waals surface area contributed by atoms with E-state index in [2.05, 4.69) is 28.1 Å². The Balaban J connectivity index is 1.62. The van der Waals surface area contributed by atoms with Crippen LogP contribution in [0.4, 0.5) is 11.4 Å². The first-order valence-electron chi connectivity index (χ1n) is 7.31. The van der Waals surface area contributed by atoms with Gasteiger partial charge in [-0.3, -0.25) is 10.2 Å². The smallest absolute Gasteiger partial charge is 0.232 e. The number of thiocarbonyl (C=S) groups is 1. The number of anilines is 2. The number of nitrogens with zero attached hydrogens (tertiary/aromatic N) is 1. The quantitative estimate of drug-likeness (QED) is 0.598. The highest BCUT2D eigenvalue weighted by molar-refractivity contribution is 7.80. The number of amidine groups is 1. The van der Waals surface area contributed by atoms with Gasteiger partial charge >= 0.3 is 0 Å². The third-order valence-electron chi connectivity index (χ3n) is 3.53. The molecule has 0 aliphatic carbocycles. The van der Waals surface area contributed by atoms with E-state index in [9.17, 15) is 4.79 Å². The van der Waals surface area contributed by atoms with Crippen LogP contribution in [-0.2, 0) is 6.42 Å². The summed E-state index contributed by atoms with van der Waals surface area (Å²) in [7, 11) is 0. The first kappa shape index (κ1) is 15.2. The number of rotatable bonds is 3. The topological polar surface area (TPSA) is 65.5 Å². The molecule has 2 aromatic rings. The van der Waals surface area contributed by atoms with Crippen LogP contribution in [0.25, 0.3) is 0 Å². The van der Waals surface area contributed by atoms with E-state index < -0.39 is 0 Å². The molecule has 0 atom stereocenters. The molecule has 0 spiro atoms. The monoisotopic (exact) mass is 324 g/mol. The maximum absolute atomic E-state index is 12.1. The molecular formula is C17H16N4OS. The molecule has 0 unspecified atom stereocenters. The van der Waals surface area contributed by atoms with Crippen LogP contribution in [0.1, 0.15) is 22.8 Å². The maximum atomic E-state index is 12.1. The molecule has 1 heterocycles. The molecule has 0 amide bonds. The molecule has 0 bridgehead atoms. The molecule has 0 fully saturated rings. The fourth-order valence-corrected chi connectivity index (χ4v) is 2.43. The van der Waals surface area contributed by atoms with Crippen molar-refractivity contribution in [3.63, 3.8) is 0 Å². The fourth-order valence-electron chi connectivity index (χ4n) is 2.27. The number of Topliss-reactive ketones (excluding diaryl/α,β-unsaturated/α-hetero) is 1. The lowest BCUT2D eigenvalue weighted by molar-refractivity contribution is 0.106. The van der Waals surface area contributed by atoms with Crippen molar-refractivity contribution in [2.45, 2.75) is 13.3 Å². The van der Waals surface area contributed by atoms with Gasteiger partial charge in [-0.05, 0) is 48.5 Å². The average molecular weight is 324 g/mol. The summed E-state index contributed by atoms with van der Waals surface area (Å²) in [5.41, 5.74) is 6.19. The van der Waals surface area contributed by atoms with E-state index >= 15 is 0 Å². The summed E-state index contributed by atoms with van der Waals surface area (Å²) in [4.78, 5) is 12.1. The predicted molar refractivity (Wildman–Crippen MR) is 97.0 cm³/mol. The first-order chi connectivity index (χ1) is 11.2. The Kier molecular flexibility index (Phi) is 4.34. The van der Waals surface area contributed by atoms with Crippen LogP contribution in [0.5, 0.6) is 0 Å². The number of benzene rings is 2. The van der Waals surface area contributed by atoms with E-state index in [-0.39, 0.29) is 11.6 Å². The molecule has 5 nitrogen and oxygen atoms in total. The van der Waals surface area contributed by atoms with Crippen molar-refractivity contribution < 1.29 is 4.79 Å². The first-order valence-corrected chi connectivity index (χ1v) is 7.72. The van der Waals surface area contributed by atoms with Gasteiger partial charge in [0.1, 0.15) is 0 Å². The Morgan fingerprint density at radius 3 is 2.61 bits per heavy atom. The molecule has 116 valence electrons. The normalized spacial score (nSPS) is 14.3. The highest BCUT2D eigenvalue weighted by Gasteiger charge is 2.25. The molecule has 2 aromatic carbocycles. The molecule has 0 saturated carbocycles. The molecule has 0 saturated heterocycles. The number of hydrazone groups is 1. The Labute approximate surface area is 139 Å². The van der Waals surface area contributed by atoms with Gasteiger partial charge in [-0.1, -0.05) is 31.2 Å². The third kappa shape index (κ3) is 3.37. The number of hydrogen-bond acceptors (Lipinski definition) is 3. The molecule has 0 aromatic heterocycles. The van der Waals surface area contributed by atoms with E-state index in [1.54, 1.807) is 6.07 Å². The molecular weight excluding hydrogens is 308 g/mol. The summed E-state index contributed by atoms with van der Waals surface area (Å²) >= 11 is 5.19. The minimum atomic E-state index is -0.150. The van der Waals surface area contributed by atoms with E-state index in [1.165, 1.54) is 5.56 Å². The average Bonchev–Trinajstić information content (AvgIpc) is 2.90. The fraction of sp³-hybridized carbons (Fsp3) is 0.118. The highest BCUT2D eigenvalue weighted by atomic mass is 32.1. The number of para-hydroxylation sites is 1. The Morgan fingerprint density at radius 1 is 1.17 bits per heavy atom. The van der Waals surface area contributed by atoms with Gasteiger partial charge in [0.05, 0.1) is 5.69 Å². The van der Waals surface area contributed by atoms with E-state index in [0.29, 0.717) is 10.7 Å². The predicted octanol–water partition coefficient (Wildman–Crippen LogP) is 3.16. The molecule has 3 rings (SSSR count). The summed E-state index contributed by atoms with van der Waals surface area (Å²) in [6.45, 7) is 2.11. The third-order valence-corrected chi connectivity index (χ3v) is 3.72. The second-order valence-electron chi connectivity index (χ2n) is 5.08. The standard InChI is InChI=1S/C17H16N4OS/c1-2-11-7-9-12(10-8-11)18-17(23)21-20-16-15(22)13-5-3-4-6-14(13)19-16/h3-10H,2H2,1H3,(H2,18,21,23)(H,19,20,22). The lowest BCUT2D eigenvalue weighted by atomic mass is 10.1. The van der Waals surface area contributed by atoms with Gasteiger partial charge in [0.25, 0.3) is 0 Å². The largest absolute Gasteiger partial charge is 0.335 e. The second kappa shape index (κ2) is 6.58. The van der Waals surface area contributed by atoms with Crippen LogP contribution in [0.2, 0.25) is 0 Å². The minimum absolute atomic E-state index is 0.150. The number of carbonyl (C=O) groups excluding carboxylic acids is 1. The van der Waals surface area contributed by atoms with Crippen LogP contribution < -0.4 is 16.1 Å². The van der Waals surface area contributed by atoms with Crippen molar-refractivity contribution in [2.75, 3.05) is 10.6 Å². The number of nitrogens with one attached hydrogen (secondary N) is 3. The number of ketones is 1. The van der Waals surface area contributed by atoms with Gasteiger partial charge in [0.2, 0.25) is 5.78 Å². The van der Waals surface area contributed by atoms with E-state index in [1.807, 2.05) is 42.5 Å². The van der Waals surface area contributed by atoms with Crippen molar-refractivity contribution in [3.8, 4) is 0 Å². The zero-order valence-corrected chi connectivity index (χ0v) is 13.4. The molecule has 1 aliphatic heterocycles.